The standard InChI is InChI=1S/C39H34ClN3O4S/c1-3-47-32-20-15-27(16-21-32)24-35(43-37(44)29-12-8-5-9-13-29)38(45)41-31-18-22-33(23-19-31)48-36(28-10-6-4-7-11-28)39(46)42-34-25-30(40)17-14-26(34)2/h4-25,36H,3H2,1-2H3,(H,41,45)(H,42,46)(H,43,44)/b35-24-. The van der Waals surface area contributed by atoms with Gasteiger partial charge in [-0.2, -0.15) is 0 Å². The normalized spacial score (nSPS) is 11.7. The molecule has 5 aromatic rings. The van der Waals surface area contributed by atoms with Crippen molar-refractivity contribution in [2.24, 2.45) is 0 Å². The molecule has 0 aliphatic carbocycles. The van der Waals surface area contributed by atoms with Crippen LogP contribution in [0.15, 0.2) is 138 Å². The van der Waals surface area contributed by atoms with Gasteiger partial charge in [-0.05, 0) is 97.3 Å². The number of thioether (sulfide) groups is 1. The number of nitrogens with one attached hydrogen (secondary N) is 3. The molecule has 0 saturated carbocycles. The van der Waals surface area contributed by atoms with E-state index in [0.29, 0.717) is 39.9 Å². The molecular formula is C39H34ClN3O4S. The molecule has 0 saturated heterocycles. The molecule has 0 spiro atoms. The quantitative estimate of drug-likeness (QED) is 0.0907. The molecule has 1 atom stereocenters. The minimum atomic E-state index is -0.554. The second-order valence-corrected chi connectivity index (χ2v) is 12.3. The topological polar surface area (TPSA) is 96.5 Å². The zero-order valence-corrected chi connectivity index (χ0v) is 28.0. The number of anilines is 2. The molecule has 9 heteroatoms. The van der Waals surface area contributed by atoms with Crippen molar-refractivity contribution >= 4 is 58.5 Å². The second-order valence-electron chi connectivity index (χ2n) is 10.7. The number of benzene rings is 5. The summed E-state index contributed by atoms with van der Waals surface area (Å²) in [4.78, 5) is 40.9. The molecule has 48 heavy (non-hydrogen) atoms. The maximum absolute atomic E-state index is 13.6. The fourth-order valence-corrected chi connectivity index (χ4v) is 5.91. The van der Waals surface area contributed by atoms with Gasteiger partial charge in [0.2, 0.25) is 5.91 Å². The van der Waals surface area contributed by atoms with Crippen molar-refractivity contribution in [2.75, 3.05) is 17.2 Å². The largest absolute Gasteiger partial charge is 0.494 e. The van der Waals surface area contributed by atoms with Crippen LogP contribution in [-0.2, 0) is 9.59 Å². The fourth-order valence-electron chi connectivity index (χ4n) is 4.72. The lowest BCUT2D eigenvalue weighted by Crippen LogP contribution is -2.30. The number of halogens is 1. The number of rotatable bonds is 12. The minimum Gasteiger partial charge on any atom is -0.494 e. The van der Waals surface area contributed by atoms with E-state index >= 15 is 0 Å². The van der Waals surface area contributed by atoms with Crippen LogP contribution in [0.25, 0.3) is 6.08 Å². The van der Waals surface area contributed by atoms with Crippen LogP contribution in [0.2, 0.25) is 5.02 Å². The SMILES string of the molecule is CCOc1ccc(/C=C(\NC(=O)c2ccccc2)C(=O)Nc2ccc(SC(C(=O)Nc3cc(Cl)ccc3C)c3ccccc3)cc2)cc1. The van der Waals surface area contributed by atoms with Gasteiger partial charge < -0.3 is 20.7 Å². The van der Waals surface area contributed by atoms with Crippen LogP contribution >= 0.6 is 23.4 Å². The Morgan fingerprint density at radius 3 is 2.15 bits per heavy atom. The predicted octanol–water partition coefficient (Wildman–Crippen LogP) is 8.93. The monoisotopic (exact) mass is 675 g/mol. The van der Waals surface area contributed by atoms with Gasteiger partial charge in [-0.1, -0.05) is 78.3 Å². The maximum Gasteiger partial charge on any atom is 0.272 e. The van der Waals surface area contributed by atoms with E-state index in [1.54, 1.807) is 66.7 Å². The highest BCUT2D eigenvalue weighted by atomic mass is 35.5. The van der Waals surface area contributed by atoms with Crippen LogP contribution in [0.3, 0.4) is 0 Å². The minimum absolute atomic E-state index is 0.0728. The van der Waals surface area contributed by atoms with E-state index in [1.807, 2.05) is 80.6 Å². The molecule has 5 rings (SSSR count). The van der Waals surface area contributed by atoms with Crippen molar-refractivity contribution in [3.05, 3.63) is 160 Å². The molecule has 7 nitrogen and oxygen atoms in total. The Labute approximate surface area is 289 Å². The molecule has 0 aliphatic heterocycles. The summed E-state index contributed by atoms with van der Waals surface area (Å²) in [6, 6.07) is 38.0. The van der Waals surface area contributed by atoms with Crippen molar-refractivity contribution in [2.45, 2.75) is 24.0 Å². The number of ether oxygens (including phenoxy) is 1. The Kier molecular flexibility index (Phi) is 11.7. The highest BCUT2D eigenvalue weighted by Crippen LogP contribution is 2.37. The zero-order chi connectivity index (χ0) is 33.9. The number of aryl methyl sites for hydroxylation is 1. The lowest BCUT2D eigenvalue weighted by atomic mass is 10.1. The van der Waals surface area contributed by atoms with Gasteiger partial charge in [-0.15, -0.1) is 11.8 Å². The molecule has 0 aromatic heterocycles. The van der Waals surface area contributed by atoms with Gasteiger partial charge in [0.25, 0.3) is 11.8 Å². The Morgan fingerprint density at radius 1 is 0.812 bits per heavy atom. The average Bonchev–Trinajstić information content (AvgIpc) is 3.10. The molecular weight excluding hydrogens is 642 g/mol. The average molecular weight is 676 g/mol. The zero-order valence-electron chi connectivity index (χ0n) is 26.4. The van der Waals surface area contributed by atoms with Crippen molar-refractivity contribution < 1.29 is 19.1 Å². The number of carbonyl (C=O) groups is 3. The molecule has 0 aliphatic rings. The highest BCUT2D eigenvalue weighted by Gasteiger charge is 2.23. The third-order valence-electron chi connectivity index (χ3n) is 7.19. The van der Waals surface area contributed by atoms with Gasteiger partial charge in [0.1, 0.15) is 16.7 Å². The summed E-state index contributed by atoms with van der Waals surface area (Å²) in [5.41, 5.74) is 4.12. The fraction of sp³-hybridized carbons (Fsp3) is 0.103. The summed E-state index contributed by atoms with van der Waals surface area (Å²) in [6.07, 6.45) is 1.61. The van der Waals surface area contributed by atoms with E-state index in [9.17, 15) is 14.4 Å². The molecule has 0 bridgehead atoms. The number of carbonyl (C=O) groups excluding carboxylic acids is 3. The van der Waals surface area contributed by atoms with Gasteiger partial charge >= 0.3 is 0 Å². The van der Waals surface area contributed by atoms with Crippen molar-refractivity contribution in [3.63, 3.8) is 0 Å². The molecule has 0 radical (unpaired) electrons. The smallest absolute Gasteiger partial charge is 0.272 e. The molecule has 3 N–H and O–H groups in total. The van der Waals surface area contributed by atoms with Crippen LogP contribution < -0.4 is 20.7 Å². The predicted molar refractivity (Wildman–Crippen MR) is 194 cm³/mol. The first-order valence-electron chi connectivity index (χ1n) is 15.3. The molecule has 1 unspecified atom stereocenters. The first-order valence-corrected chi connectivity index (χ1v) is 16.6. The van der Waals surface area contributed by atoms with E-state index in [1.165, 1.54) is 11.8 Å². The first kappa shape index (κ1) is 34.0. The summed E-state index contributed by atoms with van der Waals surface area (Å²) < 4.78 is 5.52. The number of amides is 3. The Hall–Kier alpha value is -5.31. The van der Waals surface area contributed by atoms with Gasteiger partial charge in [0.15, 0.2) is 0 Å². The first-order chi connectivity index (χ1) is 23.3. The Bertz CT molecular complexity index is 1900. The number of hydrogen-bond acceptors (Lipinski definition) is 5. The van der Waals surface area contributed by atoms with Gasteiger partial charge in [-0.25, -0.2) is 0 Å². The third-order valence-corrected chi connectivity index (χ3v) is 8.70. The van der Waals surface area contributed by atoms with Crippen molar-refractivity contribution in [1.29, 1.82) is 0 Å². The van der Waals surface area contributed by atoms with Gasteiger partial charge in [0.05, 0.1) is 6.61 Å². The van der Waals surface area contributed by atoms with Crippen LogP contribution in [0, 0.1) is 6.92 Å². The highest BCUT2D eigenvalue weighted by molar-refractivity contribution is 8.00. The summed E-state index contributed by atoms with van der Waals surface area (Å²) in [5.74, 6) is -0.384. The molecule has 0 fully saturated rings. The van der Waals surface area contributed by atoms with Crippen LogP contribution in [0.5, 0.6) is 5.75 Å². The lowest BCUT2D eigenvalue weighted by Gasteiger charge is -2.18. The summed E-state index contributed by atoms with van der Waals surface area (Å²) in [6.45, 7) is 4.36. The molecule has 3 amide bonds. The van der Waals surface area contributed by atoms with Crippen LogP contribution in [-0.4, -0.2) is 24.3 Å². The van der Waals surface area contributed by atoms with E-state index in [2.05, 4.69) is 16.0 Å². The lowest BCUT2D eigenvalue weighted by molar-refractivity contribution is -0.116. The maximum atomic E-state index is 13.6. The summed E-state index contributed by atoms with van der Waals surface area (Å²) in [7, 11) is 0. The van der Waals surface area contributed by atoms with Crippen LogP contribution in [0.1, 0.15) is 39.2 Å². The third kappa shape index (κ3) is 9.37. The molecule has 242 valence electrons. The van der Waals surface area contributed by atoms with E-state index in [4.69, 9.17) is 16.3 Å². The Balaban J connectivity index is 1.33. The Morgan fingerprint density at radius 2 is 1.48 bits per heavy atom. The van der Waals surface area contributed by atoms with E-state index < -0.39 is 17.1 Å². The van der Waals surface area contributed by atoms with E-state index in [-0.39, 0.29) is 11.6 Å². The van der Waals surface area contributed by atoms with E-state index in [0.717, 1.165) is 16.0 Å². The van der Waals surface area contributed by atoms with Crippen LogP contribution in [0.4, 0.5) is 11.4 Å². The molecule has 5 aromatic carbocycles. The molecule has 0 heterocycles. The van der Waals surface area contributed by atoms with Crippen molar-refractivity contribution in [1.82, 2.24) is 5.32 Å². The summed E-state index contributed by atoms with van der Waals surface area (Å²) >= 11 is 7.58. The van der Waals surface area contributed by atoms with Crippen molar-refractivity contribution in [3.8, 4) is 5.75 Å². The second kappa shape index (κ2) is 16.5. The van der Waals surface area contributed by atoms with Gasteiger partial charge in [-0.3, -0.25) is 14.4 Å². The summed E-state index contributed by atoms with van der Waals surface area (Å²) in [5, 5.41) is 8.65. The number of hydrogen-bond donors (Lipinski definition) is 3. The van der Waals surface area contributed by atoms with Gasteiger partial charge in [0, 0.05) is 26.9 Å².